The highest BCUT2D eigenvalue weighted by atomic mass is 19.1. The average molecular weight is 130 g/mol. The predicted molar refractivity (Wildman–Crippen MR) is 30.7 cm³/mol. The molecular weight excluding hydrogens is 121 g/mol. The number of hydrogen-bond acceptors (Lipinski definition) is 2. The Morgan fingerprint density at radius 1 is 1.78 bits per heavy atom. The molecule has 0 saturated carbocycles. The Hall–Kier alpha value is -1.12. The first kappa shape index (κ1) is 3.15. The molecule has 3 heteroatoms. The van der Waals surface area contributed by atoms with Gasteiger partial charge in [-0.25, -0.2) is 4.39 Å². The summed E-state index contributed by atoms with van der Waals surface area (Å²) in [5.41, 5.74) is 0. The van der Waals surface area contributed by atoms with E-state index < -0.39 is 12.9 Å². The lowest BCUT2D eigenvalue weighted by Gasteiger charge is -1.95. The maximum atomic E-state index is 12.4. The molecule has 2 nitrogen and oxygen atoms in total. The second kappa shape index (κ2) is 2.44. The molecule has 0 aliphatic heterocycles. The molecule has 0 atom stereocenters. The lowest BCUT2D eigenvalue weighted by atomic mass is 10.4. The van der Waals surface area contributed by atoms with Crippen LogP contribution in [-0.4, -0.2) is 12.0 Å². The Balaban J connectivity index is 2.77. The van der Waals surface area contributed by atoms with Gasteiger partial charge in [-0.1, -0.05) is 0 Å². The SMILES string of the molecule is [2H]C([2H])([2H])Oc1cncc(F)c1. The van der Waals surface area contributed by atoms with Gasteiger partial charge in [0.1, 0.15) is 11.6 Å². The van der Waals surface area contributed by atoms with Crippen molar-refractivity contribution in [3.63, 3.8) is 0 Å². The van der Waals surface area contributed by atoms with E-state index in [0.717, 1.165) is 18.5 Å². The number of ether oxygens (including phenoxy) is 1. The summed E-state index contributed by atoms with van der Waals surface area (Å²) >= 11 is 0. The number of halogens is 1. The van der Waals surface area contributed by atoms with Crippen molar-refractivity contribution in [3.8, 4) is 5.75 Å². The van der Waals surface area contributed by atoms with Crippen LogP contribution in [0.4, 0.5) is 4.39 Å². The van der Waals surface area contributed by atoms with Gasteiger partial charge in [0.2, 0.25) is 0 Å². The number of methoxy groups -OCH3 is 1. The predicted octanol–water partition coefficient (Wildman–Crippen LogP) is 1.23. The zero-order valence-corrected chi connectivity index (χ0v) is 4.47. The van der Waals surface area contributed by atoms with Gasteiger partial charge in [-0.05, 0) is 0 Å². The van der Waals surface area contributed by atoms with Crippen LogP contribution < -0.4 is 4.74 Å². The molecule has 9 heavy (non-hydrogen) atoms. The Labute approximate surface area is 56.5 Å². The molecule has 0 N–H and O–H groups in total. The van der Waals surface area contributed by atoms with E-state index in [2.05, 4.69) is 9.72 Å². The van der Waals surface area contributed by atoms with Crippen LogP contribution in [0.25, 0.3) is 0 Å². The van der Waals surface area contributed by atoms with Crippen LogP contribution in [0.1, 0.15) is 4.11 Å². The van der Waals surface area contributed by atoms with E-state index in [0.29, 0.717) is 0 Å². The number of aromatic nitrogens is 1. The first-order valence-electron chi connectivity index (χ1n) is 3.77. The molecule has 1 aromatic heterocycles. The number of nitrogens with zero attached hydrogens (tertiary/aromatic N) is 1. The molecule has 0 unspecified atom stereocenters. The summed E-state index contributed by atoms with van der Waals surface area (Å²) < 4.78 is 36.9. The fraction of sp³-hybridized carbons (Fsp3) is 0.167. The van der Waals surface area contributed by atoms with Crippen molar-refractivity contribution in [1.82, 2.24) is 4.98 Å². The molecule has 0 fully saturated rings. The van der Waals surface area contributed by atoms with Crippen LogP contribution in [0.2, 0.25) is 0 Å². The van der Waals surface area contributed by atoms with Gasteiger partial charge < -0.3 is 4.74 Å². The Morgan fingerprint density at radius 3 is 3.33 bits per heavy atom. The van der Waals surface area contributed by atoms with Gasteiger partial charge in [0.05, 0.1) is 23.5 Å². The van der Waals surface area contributed by atoms with Crippen LogP contribution in [0.3, 0.4) is 0 Å². The van der Waals surface area contributed by atoms with E-state index >= 15 is 0 Å². The van der Waals surface area contributed by atoms with E-state index in [9.17, 15) is 4.39 Å². The van der Waals surface area contributed by atoms with Gasteiger partial charge in [0.15, 0.2) is 0 Å². The van der Waals surface area contributed by atoms with Crippen molar-refractivity contribution in [2.75, 3.05) is 7.04 Å². The molecule has 0 aromatic carbocycles. The highest BCUT2D eigenvalue weighted by Gasteiger charge is 1.91. The molecule has 1 rings (SSSR count). The molecule has 0 amide bonds. The summed E-state index contributed by atoms with van der Waals surface area (Å²) in [6.07, 6.45) is 2.10. The third-order valence-electron chi connectivity index (χ3n) is 0.798. The maximum Gasteiger partial charge on any atom is 0.145 e. The molecule has 0 spiro atoms. The molecule has 0 bridgehead atoms. The smallest absolute Gasteiger partial charge is 0.145 e. The lowest BCUT2D eigenvalue weighted by molar-refractivity contribution is 0.409. The molecule has 0 aliphatic rings. The van der Waals surface area contributed by atoms with E-state index in [1.54, 1.807) is 0 Å². The van der Waals surface area contributed by atoms with Crippen molar-refractivity contribution >= 4 is 0 Å². The summed E-state index contributed by atoms with van der Waals surface area (Å²) in [4.78, 5) is 3.42. The second-order valence-electron chi connectivity index (χ2n) is 1.44. The van der Waals surface area contributed by atoms with E-state index in [4.69, 9.17) is 4.11 Å². The fourth-order valence-electron chi connectivity index (χ4n) is 0.448. The Kier molecular flexibility index (Phi) is 0.853. The number of pyridine rings is 1. The number of rotatable bonds is 1. The van der Waals surface area contributed by atoms with Crippen molar-refractivity contribution in [2.24, 2.45) is 0 Å². The zero-order chi connectivity index (χ0) is 9.19. The largest absolute Gasteiger partial charge is 0.495 e. The highest BCUT2D eigenvalue weighted by molar-refractivity contribution is 5.16. The van der Waals surface area contributed by atoms with Gasteiger partial charge in [0.25, 0.3) is 0 Å². The van der Waals surface area contributed by atoms with Crippen molar-refractivity contribution in [1.29, 1.82) is 0 Å². The molecule has 0 aliphatic carbocycles. The third-order valence-corrected chi connectivity index (χ3v) is 0.798. The van der Waals surface area contributed by atoms with Crippen molar-refractivity contribution in [3.05, 3.63) is 24.3 Å². The van der Waals surface area contributed by atoms with Crippen LogP contribution in [-0.2, 0) is 0 Å². The summed E-state index contributed by atoms with van der Waals surface area (Å²) in [5, 5.41) is 0. The maximum absolute atomic E-state index is 12.4. The average Bonchev–Trinajstić information content (AvgIpc) is 1.82. The summed E-state index contributed by atoms with van der Waals surface area (Å²) in [6.45, 7) is 0. The van der Waals surface area contributed by atoms with E-state index in [1.165, 1.54) is 0 Å². The summed E-state index contributed by atoms with van der Waals surface area (Å²) in [6, 6.07) is 0.958. The van der Waals surface area contributed by atoms with Crippen LogP contribution in [0, 0.1) is 5.82 Å². The third kappa shape index (κ3) is 1.38. The van der Waals surface area contributed by atoms with Crippen LogP contribution >= 0.6 is 0 Å². The Bertz CT molecular complexity index is 276. The topological polar surface area (TPSA) is 22.1 Å². The standard InChI is InChI=1S/C6H6FNO/c1-9-6-2-5(7)3-8-4-6/h2-4H,1H3/i1D3. The minimum Gasteiger partial charge on any atom is -0.495 e. The first-order valence-corrected chi connectivity index (χ1v) is 2.27. The Morgan fingerprint density at radius 2 is 2.67 bits per heavy atom. The molecule has 1 heterocycles. The van der Waals surface area contributed by atoms with Crippen LogP contribution in [0.5, 0.6) is 5.75 Å². The van der Waals surface area contributed by atoms with Gasteiger partial charge >= 0.3 is 0 Å². The normalized spacial score (nSPS) is 15.4. The molecule has 0 saturated heterocycles. The van der Waals surface area contributed by atoms with Crippen LogP contribution in [0.15, 0.2) is 18.5 Å². The van der Waals surface area contributed by atoms with Gasteiger partial charge in [-0.15, -0.1) is 0 Å². The van der Waals surface area contributed by atoms with Gasteiger partial charge in [0, 0.05) is 6.07 Å². The zero-order valence-electron chi connectivity index (χ0n) is 7.47. The first-order chi connectivity index (χ1) is 5.47. The highest BCUT2D eigenvalue weighted by Crippen LogP contribution is 2.07. The monoisotopic (exact) mass is 130 g/mol. The van der Waals surface area contributed by atoms with Crippen molar-refractivity contribution in [2.45, 2.75) is 0 Å². The minimum atomic E-state index is -2.56. The quantitative estimate of drug-likeness (QED) is 0.570. The van der Waals surface area contributed by atoms with Gasteiger partial charge in [-0.3, -0.25) is 4.98 Å². The second-order valence-corrected chi connectivity index (χ2v) is 1.44. The van der Waals surface area contributed by atoms with E-state index in [-0.39, 0.29) is 5.75 Å². The van der Waals surface area contributed by atoms with E-state index in [1.807, 2.05) is 0 Å². The summed E-state index contributed by atoms with van der Waals surface area (Å²) in [5.74, 6) is -0.730. The van der Waals surface area contributed by atoms with Gasteiger partial charge in [-0.2, -0.15) is 0 Å². The number of hydrogen-bond donors (Lipinski definition) is 0. The summed E-state index contributed by atoms with van der Waals surface area (Å²) in [7, 11) is -2.56. The molecular formula is C6H6FNO. The molecule has 48 valence electrons. The van der Waals surface area contributed by atoms with Crippen molar-refractivity contribution < 1.29 is 13.2 Å². The molecule has 1 aromatic rings. The molecule has 0 radical (unpaired) electrons. The lowest BCUT2D eigenvalue weighted by Crippen LogP contribution is -1.84. The minimum absolute atomic E-state index is 0.102. The fourth-order valence-corrected chi connectivity index (χ4v) is 0.448.